The van der Waals surface area contributed by atoms with E-state index in [1.165, 1.54) is 29.6 Å². The first-order valence-corrected chi connectivity index (χ1v) is 9.51. The Morgan fingerprint density at radius 1 is 1.20 bits per heavy atom. The van der Waals surface area contributed by atoms with Gasteiger partial charge in [-0.1, -0.05) is 0 Å². The number of carbonyl (C=O) groups excluding carboxylic acids is 2. The van der Waals surface area contributed by atoms with Crippen LogP contribution in [0.4, 0.5) is 0 Å². The van der Waals surface area contributed by atoms with E-state index in [9.17, 15) is 19.2 Å². The lowest BCUT2D eigenvalue weighted by Gasteiger charge is -2.31. The summed E-state index contributed by atoms with van der Waals surface area (Å²) in [4.78, 5) is 54.4. The van der Waals surface area contributed by atoms with Gasteiger partial charge in [-0.05, 0) is 18.9 Å². The fourth-order valence-electron chi connectivity index (χ4n) is 3.87. The summed E-state index contributed by atoms with van der Waals surface area (Å²) in [5, 5.41) is 6.75. The van der Waals surface area contributed by atoms with Gasteiger partial charge in [0.15, 0.2) is 11.2 Å². The summed E-state index contributed by atoms with van der Waals surface area (Å²) in [6.45, 7) is 1.04. The van der Waals surface area contributed by atoms with Gasteiger partial charge in [-0.25, -0.2) is 9.78 Å². The zero-order valence-corrected chi connectivity index (χ0v) is 16.7. The third-order valence-electron chi connectivity index (χ3n) is 5.66. The highest BCUT2D eigenvalue weighted by molar-refractivity contribution is 5.90. The van der Waals surface area contributed by atoms with Crippen molar-refractivity contribution in [3.63, 3.8) is 0 Å². The second-order valence-corrected chi connectivity index (χ2v) is 7.48. The van der Waals surface area contributed by atoms with Crippen LogP contribution in [0, 0.1) is 0 Å². The Kier molecular flexibility index (Phi) is 4.76. The molecule has 2 amide bonds. The quantitative estimate of drug-likeness (QED) is 0.539. The second-order valence-electron chi connectivity index (χ2n) is 7.48. The Bertz CT molecular complexity index is 1260. The molecule has 0 unspecified atom stereocenters. The van der Waals surface area contributed by atoms with Crippen LogP contribution < -0.4 is 17.0 Å². The largest absolute Gasteiger partial charge is 0.364 e. The molecule has 0 radical (unpaired) electrons. The highest BCUT2D eigenvalue weighted by Gasteiger charge is 2.26. The normalized spacial score (nSPS) is 15.1. The number of H-pyrrole nitrogens is 1. The smallest absolute Gasteiger partial charge is 0.332 e. The van der Waals surface area contributed by atoms with Gasteiger partial charge in [0.2, 0.25) is 5.91 Å². The minimum atomic E-state index is -0.582. The number of primary amides is 1. The first-order valence-electron chi connectivity index (χ1n) is 9.51. The van der Waals surface area contributed by atoms with Crippen LogP contribution in [0.3, 0.4) is 0 Å². The minimum absolute atomic E-state index is 0.0372. The van der Waals surface area contributed by atoms with Crippen LogP contribution in [0.15, 0.2) is 22.0 Å². The third-order valence-corrected chi connectivity index (χ3v) is 5.66. The minimum Gasteiger partial charge on any atom is -0.364 e. The Labute approximate surface area is 169 Å². The zero-order chi connectivity index (χ0) is 21.6. The third kappa shape index (κ3) is 3.19. The first-order chi connectivity index (χ1) is 14.3. The number of amides is 2. The van der Waals surface area contributed by atoms with E-state index in [4.69, 9.17) is 5.73 Å². The van der Waals surface area contributed by atoms with Crippen molar-refractivity contribution in [2.24, 2.45) is 19.8 Å². The molecule has 3 aromatic heterocycles. The van der Waals surface area contributed by atoms with E-state index in [0.29, 0.717) is 25.9 Å². The number of rotatable bonds is 4. The van der Waals surface area contributed by atoms with Gasteiger partial charge < -0.3 is 15.2 Å². The van der Waals surface area contributed by atoms with Gasteiger partial charge >= 0.3 is 5.69 Å². The molecule has 0 aliphatic carbocycles. The maximum absolute atomic E-state index is 12.8. The Hall–Kier alpha value is -3.70. The number of piperidine rings is 1. The van der Waals surface area contributed by atoms with Crippen LogP contribution >= 0.6 is 0 Å². The molecule has 4 heterocycles. The fourth-order valence-corrected chi connectivity index (χ4v) is 3.87. The van der Waals surface area contributed by atoms with Crippen LogP contribution in [-0.2, 0) is 25.4 Å². The number of nitrogens with two attached hydrogens (primary N) is 1. The molecule has 0 atom stereocenters. The van der Waals surface area contributed by atoms with Crippen molar-refractivity contribution in [1.29, 1.82) is 0 Å². The molecule has 12 heteroatoms. The highest BCUT2D eigenvalue weighted by Crippen LogP contribution is 2.27. The number of likely N-dealkylation sites (tertiary alicyclic amines) is 1. The average molecular weight is 414 g/mol. The van der Waals surface area contributed by atoms with Crippen LogP contribution in [-0.4, -0.2) is 58.7 Å². The molecule has 1 aliphatic heterocycles. The van der Waals surface area contributed by atoms with E-state index in [-0.39, 0.29) is 35.2 Å². The number of nitrogens with one attached hydrogen (secondary N) is 1. The van der Waals surface area contributed by atoms with E-state index in [1.807, 2.05) is 0 Å². The summed E-state index contributed by atoms with van der Waals surface area (Å²) < 4.78 is 3.77. The van der Waals surface area contributed by atoms with Crippen LogP contribution in [0.5, 0.6) is 0 Å². The van der Waals surface area contributed by atoms with E-state index in [0.717, 1.165) is 10.3 Å². The molecule has 0 aromatic carbocycles. The summed E-state index contributed by atoms with van der Waals surface area (Å²) in [6.07, 6.45) is 2.84. The molecule has 4 rings (SSSR count). The van der Waals surface area contributed by atoms with Crippen molar-refractivity contribution in [1.82, 2.24) is 33.8 Å². The summed E-state index contributed by atoms with van der Waals surface area (Å²) in [5.74, 6) is -0.557. The SMILES string of the molecule is Cn1c(=O)c2c(ncn2CC(=O)N2CCC(c3cc(C(N)=O)n[nH]3)CC2)n(C)c1=O. The van der Waals surface area contributed by atoms with Gasteiger partial charge in [0.25, 0.3) is 11.5 Å². The molecular weight excluding hydrogens is 392 g/mol. The highest BCUT2D eigenvalue weighted by atomic mass is 16.2. The van der Waals surface area contributed by atoms with Gasteiger partial charge in [0, 0.05) is 38.8 Å². The standard InChI is InChI=1S/C18H22N8O4/c1-23-16-14(17(29)24(2)18(23)30)26(9-20-16)8-13(27)25-5-3-10(4-6-25)11-7-12(15(19)28)22-21-11/h7,9-10H,3-6,8H2,1-2H3,(H2,19,28)(H,21,22). The molecule has 1 fully saturated rings. The van der Waals surface area contributed by atoms with E-state index in [1.54, 1.807) is 11.0 Å². The van der Waals surface area contributed by atoms with Gasteiger partial charge in [0.05, 0.1) is 6.33 Å². The molecule has 3 N–H and O–H groups in total. The Morgan fingerprint density at radius 3 is 2.53 bits per heavy atom. The molecule has 0 bridgehead atoms. The number of hydrogen-bond acceptors (Lipinski definition) is 6. The number of aromatic nitrogens is 6. The molecule has 0 spiro atoms. The lowest BCUT2D eigenvalue weighted by molar-refractivity contribution is -0.132. The van der Waals surface area contributed by atoms with Crippen LogP contribution in [0.2, 0.25) is 0 Å². The Morgan fingerprint density at radius 2 is 1.90 bits per heavy atom. The van der Waals surface area contributed by atoms with Crippen LogP contribution in [0.25, 0.3) is 11.2 Å². The van der Waals surface area contributed by atoms with Gasteiger partial charge in [-0.3, -0.25) is 28.6 Å². The number of imidazole rings is 1. The summed E-state index contributed by atoms with van der Waals surface area (Å²) >= 11 is 0. The first kappa shape index (κ1) is 19.6. The van der Waals surface area contributed by atoms with Gasteiger partial charge in [0.1, 0.15) is 12.2 Å². The van der Waals surface area contributed by atoms with Crippen molar-refractivity contribution in [3.8, 4) is 0 Å². The van der Waals surface area contributed by atoms with Crippen LogP contribution in [0.1, 0.15) is 34.9 Å². The van der Waals surface area contributed by atoms with Gasteiger partial charge in [-0.2, -0.15) is 5.10 Å². The van der Waals surface area contributed by atoms with Crippen molar-refractivity contribution < 1.29 is 9.59 Å². The maximum Gasteiger partial charge on any atom is 0.332 e. The maximum atomic E-state index is 12.8. The lowest BCUT2D eigenvalue weighted by atomic mass is 9.93. The number of hydrogen-bond donors (Lipinski definition) is 2. The number of fused-ring (bicyclic) bond motifs is 1. The molecule has 1 saturated heterocycles. The molecular formula is C18H22N8O4. The number of aromatic amines is 1. The van der Waals surface area contributed by atoms with Crippen molar-refractivity contribution in [2.75, 3.05) is 13.1 Å². The van der Waals surface area contributed by atoms with E-state index < -0.39 is 17.2 Å². The molecule has 30 heavy (non-hydrogen) atoms. The molecule has 0 saturated carbocycles. The monoisotopic (exact) mass is 414 g/mol. The Balaban J connectivity index is 1.47. The van der Waals surface area contributed by atoms with E-state index in [2.05, 4.69) is 15.2 Å². The zero-order valence-electron chi connectivity index (χ0n) is 16.7. The molecule has 1 aliphatic rings. The summed E-state index contributed by atoms with van der Waals surface area (Å²) in [5.41, 5.74) is 5.79. The second kappa shape index (κ2) is 7.28. The predicted octanol–water partition coefficient (Wildman–Crippen LogP) is -1.34. The number of carbonyl (C=O) groups is 2. The lowest BCUT2D eigenvalue weighted by Crippen LogP contribution is -2.41. The molecule has 12 nitrogen and oxygen atoms in total. The van der Waals surface area contributed by atoms with Crippen molar-refractivity contribution >= 4 is 23.0 Å². The molecule has 3 aromatic rings. The van der Waals surface area contributed by atoms with Crippen molar-refractivity contribution in [2.45, 2.75) is 25.3 Å². The topological polar surface area (TPSA) is 154 Å². The van der Waals surface area contributed by atoms with Crippen molar-refractivity contribution in [3.05, 3.63) is 44.6 Å². The number of aryl methyl sites for hydroxylation is 1. The average Bonchev–Trinajstić information content (AvgIpc) is 3.39. The molecule has 158 valence electrons. The summed E-state index contributed by atoms with van der Waals surface area (Å²) in [7, 11) is 2.93. The van der Waals surface area contributed by atoms with E-state index >= 15 is 0 Å². The number of nitrogens with zero attached hydrogens (tertiary/aromatic N) is 6. The summed E-state index contributed by atoms with van der Waals surface area (Å²) in [6, 6.07) is 1.65. The fraction of sp³-hybridized carbons (Fsp3) is 0.444. The van der Waals surface area contributed by atoms with Gasteiger partial charge in [-0.15, -0.1) is 0 Å². The predicted molar refractivity (Wildman–Crippen MR) is 106 cm³/mol.